The van der Waals surface area contributed by atoms with Gasteiger partial charge in [-0.2, -0.15) is 0 Å². The van der Waals surface area contributed by atoms with E-state index in [1.54, 1.807) is 0 Å². The van der Waals surface area contributed by atoms with Gasteiger partial charge >= 0.3 is 17.9 Å². The van der Waals surface area contributed by atoms with Crippen LogP contribution in [-0.4, -0.2) is 37.2 Å². The van der Waals surface area contributed by atoms with Gasteiger partial charge in [0.2, 0.25) is 0 Å². The van der Waals surface area contributed by atoms with Crippen molar-refractivity contribution in [2.75, 3.05) is 13.2 Å². The minimum absolute atomic E-state index is 0.0796. The van der Waals surface area contributed by atoms with Crippen LogP contribution >= 0.6 is 0 Å². The number of hydrogen-bond donors (Lipinski definition) is 0. The number of carbonyl (C=O) groups excluding carboxylic acids is 3. The molecule has 6 heteroatoms. The maximum atomic E-state index is 12.9. The number of ether oxygens (including phenoxy) is 3. The van der Waals surface area contributed by atoms with Crippen LogP contribution in [0, 0.1) is 0 Å². The highest BCUT2D eigenvalue weighted by Gasteiger charge is 2.19. The maximum Gasteiger partial charge on any atom is 0.306 e. The molecule has 78 heavy (non-hydrogen) atoms. The van der Waals surface area contributed by atoms with E-state index in [9.17, 15) is 14.4 Å². The highest BCUT2D eigenvalue weighted by Crippen LogP contribution is 2.17. The zero-order valence-electron chi connectivity index (χ0n) is 52.2. The topological polar surface area (TPSA) is 78.9 Å². The summed E-state index contributed by atoms with van der Waals surface area (Å²) in [5, 5.41) is 0. The Kier molecular flexibility index (Phi) is 64.2. The van der Waals surface area contributed by atoms with Gasteiger partial charge in [-0.15, -0.1) is 0 Å². The third-order valence-corrected chi connectivity index (χ3v) is 15.2. The minimum Gasteiger partial charge on any atom is -0.462 e. The van der Waals surface area contributed by atoms with Gasteiger partial charge in [-0.3, -0.25) is 14.4 Å². The first-order valence-electron chi connectivity index (χ1n) is 34.3. The van der Waals surface area contributed by atoms with Crippen molar-refractivity contribution in [2.45, 2.75) is 367 Å². The summed E-state index contributed by atoms with van der Waals surface area (Å²) >= 11 is 0. The SMILES string of the molecule is CCCCCCC/C=C\C/C=C\C/C=C\CCCCCCCCCCC(=O)OCC(COC(=O)CCCCCCC/C=C\CCCCCCCCC)OC(=O)CCCCCCCCCCC/C=C\CCCCCCCCCC. The third kappa shape index (κ3) is 63.9. The van der Waals surface area contributed by atoms with Crippen molar-refractivity contribution in [1.82, 2.24) is 0 Å². The average molecular weight is 1090 g/mol. The van der Waals surface area contributed by atoms with Crippen molar-refractivity contribution in [1.29, 1.82) is 0 Å². The summed E-state index contributed by atoms with van der Waals surface area (Å²) < 4.78 is 17.0. The number of unbranched alkanes of at least 4 members (excludes halogenated alkanes) is 42. The van der Waals surface area contributed by atoms with Crippen molar-refractivity contribution >= 4 is 17.9 Å². The lowest BCUT2D eigenvalue weighted by molar-refractivity contribution is -0.167. The highest BCUT2D eigenvalue weighted by atomic mass is 16.6. The van der Waals surface area contributed by atoms with E-state index in [0.29, 0.717) is 19.3 Å². The van der Waals surface area contributed by atoms with Crippen LogP contribution in [0.25, 0.3) is 0 Å². The second kappa shape index (κ2) is 66.6. The first-order chi connectivity index (χ1) is 38.5. The van der Waals surface area contributed by atoms with Gasteiger partial charge in [0.15, 0.2) is 6.10 Å². The second-order valence-electron chi connectivity index (χ2n) is 23.1. The van der Waals surface area contributed by atoms with Crippen LogP contribution in [0.4, 0.5) is 0 Å². The van der Waals surface area contributed by atoms with Gasteiger partial charge in [0.1, 0.15) is 13.2 Å². The second-order valence-corrected chi connectivity index (χ2v) is 23.1. The molecule has 0 spiro atoms. The molecule has 0 N–H and O–H groups in total. The van der Waals surface area contributed by atoms with Crippen LogP contribution in [0.2, 0.25) is 0 Å². The fourth-order valence-corrected chi connectivity index (χ4v) is 10.0. The molecular weight excluding hydrogens is 961 g/mol. The molecular formula is C72H130O6. The van der Waals surface area contributed by atoms with E-state index in [1.807, 2.05) is 0 Å². The van der Waals surface area contributed by atoms with Gasteiger partial charge < -0.3 is 14.2 Å². The van der Waals surface area contributed by atoms with Crippen molar-refractivity contribution in [3.8, 4) is 0 Å². The molecule has 0 aromatic heterocycles. The van der Waals surface area contributed by atoms with E-state index < -0.39 is 6.10 Å². The summed E-state index contributed by atoms with van der Waals surface area (Å²) in [5.41, 5.74) is 0. The summed E-state index contributed by atoms with van der Waals surface area (Å²) in [5.74, 6) is -0.876. The molecule has 0 bridgehead atoms. The zero-order valence-corrected chi connectivity index (χ0v) is 52.2. The standard InChI is InChI=1S/C72H130O6/c1-4-7-10-13-16-19-22-25-28-31-33-35-36-38-39-41-44-47-50-53-56-59-62-65-71(74)77-68-69(67-76-70(73)64-61-58-55-52-49-46-43-30-27-24-21-18-15-12-9-6-3)78-72(75)66-63-60-57-54-51-48-45-42-40-37-34-32-29-26-23-20-17-14-11-8-5-2/h22,25,30-34,36,38,43,69H,4-21,23-24,26-29,35,37,39-42,44-68H2,1-3H3/b25-22-,33-31-,34-32-,38-36-,43-30-. The molecule has 0 heterocycles. The van der Waals surface area contributed by atoms with Crippen LogP contribution < -0.4 is 0 Å². The molecule has 0 aromatic rings. The molecule has 0 aliphatic carbocycles. The van der Waals surface area contributed by atoms with Gasteiger partial charge in [-0.05, 0) is 109 Å². The molecule has 0 saturated carbocycles. The Morgan fingerprint density at radius 3 is 0.731 bits per heavy atom. The number of hydrogen-bond acceptors (Lipinski definition) is 6. The fourth-order valence-electron chi connectivity index (χ4n) is 10.0. The Morgan fingerprint density at radius 2 is 0.462 bits per heavy atom. The molecule has 0 rings (SSSR count). The molecule has 0 amide bonds. The van der Waals surface area contributed by atoms with E-state index in [-0.39, 0.29) is 31.1 Å². The molecule has 1 unspecified atom stereocenters. The smallest absolute Gasteiger partial charge is 0.306 e. The number of allylic oxidation sites excluding steroid dienone is 10. The van der Waals surface area contributed by atoms with Crippen LogP contribution in [0.1, 0.15) is 361 Å². The lowest BCUT2D eigenvalue weighted by Crippen LogP contribution is -2.30. The van der Waals surface area contributed by atoms with Gasteiger partial charge in [-0.1, -0.05) is 293 Å². The van der Waals surface area contributed by atoms with E-state index >= 15 is 0 Å². The predicted octanol–water partition coefficient (Wildman–Crippen LogP) is 23.5. The molecule has 454 valence electrons. The molecule has 0 aromatic carbocycles. The summed E-state index contributed by atoms with van der Waals surface area (Å²) in [7, 11) is 0. The highest BCUT2D eigenvalue weighted by molar-refractivity contribution is 5.71. The van der Waals surface area contributed by atoms with Crippen LogP contribution in [0.5, 0.6) is 0 Å². The van der Waals surface area contributed by atoms with E-state index in [2.05, 4.69) is 81.5 Å². The van der Waals surface area contributed by atoms with Gasteiger partial charge in [0.25, 0.3) is 0 Å². The normalized spacial score (nSPS) is 12.4. The summed E-state index contributed by atoms with van der Waals surface area (Å²) in [4.78, 5) is 38.4. The predicted molar refractivity (Wildman–Crippen MR) is 339 cm³/mol. The molecule has 0 aliphatic heterocycles. The molecule has 0 aliphatic rings. The van der Waals surface area contributed by atoms with E-state index in [0.717, 1.165) is 83.5 Å². The Bertz CT molecular complexity index is 1390. The Hall–Kier alpha value is -2.89. The minimum atomic E-state index is -0.783. The van der Waals surface area contributed by atoms with Crippen LogP contribution in [0.15, 0.2) is 60.8 Å². The van der Waals surface area contributed by atoms with E-state index in [4.69, 9.17) is 14.2 Å². The Balaban J connectivity index is 4.36. The first-order valence-corrected chi connectivity index (χ1v) is 34.3. The van der Waals surface area contributed by atoms with Crippen molar-refractivity contribution in [3.63, 3.8) is 0 Å². The molecule has 0 radical (unpaired) electrons. The zero-order chi connectivity index (χ0) is 56.4. The quantitative estimate of drug-likeness (QED) is 0.0261. The molecule has 6 nitrogen and oxygen atoms in total. The van der Waals surface area contributed by atoms with Crippen LogP contribution in [-0.2, 0) is 28.6 Å². The Morgan fingerprint density at radius 1 is 0.256 bits per heavy atom. The fraction of sp³-hybridized carbons (Fsp3) is 0.819. The monoisotopic (exact) mass is 1090 g/mol. The lowest BCUT2D eigenvalue weighted by atomic mass is 10.1. The van der Waals surface area contributed by atoms with Gasteiger partial charge in [0, 0.05) is 19.3 Å². The third-order valence-electron chi connectivity index (χ3n) is 15.2. The number of esters is 3. The summed E-state index contributed by atoms with van der Waals surface area (Å²) in [6.45, 7) is 6.66. The van der Waals surface area contributed by atoms with Crippen molar-refractivity contribution in [2.24, 2.45) is 0 Å². The van der Waals surface area contributed by atoms with Crippen LogP contribution in [0.3, 0.4) is 0 Å². The molecule has 0 saturated heterocycles. The average Bonchev–Trinajstić information content (AvgIpc) is 3.44. The first kappa shape index (κ1) is 75.1. The lowest BCUT2D eigenvalue weighted by Gasteiger charge is -2.18. The molecule has 1 atom stereocenters. The number of rotatable bonds is 63. The summed E-state index contributed by atoms with van der Waals surface area (Å²) in [6.07, 6.45) is 85.2. The van der Waals surface area contributed by atoms with Crippen molar-refractivity contribution in [3.05, 3.63) is 60.8 Å². The summed E-state index contributed by atoms with van der Waals surface area (Å²) in [6, 6.07) is 0. The van der Waals surface area contributed by atoms with E-state index in [1.165, 1.54) is 238 Å². The molecule has 0 fully saturated rings. The van der Waals surface area contributed by atoms with Crippen molar-refractivity contribution < 1.29 is 28.6 Å². The van der Waals surface area contributed by atoms with Gasteiger partial charge in [-0.25, -0.2) is 0 Å². The number of carbonyl (C=O) groups is 3. The Labute approximate surface area is 485 Å². The van der Waals surface area contributed by atoms with Gasteiger partial charge in [0.05, 0.1) is 0 Å². The largest absolute Gasteiger partial charge is 0.462 e. The maximum absolute atomic E-state index is 12.9.